The van der Waals surface area contributed by atoms with Crippen molar-refractivity contribution in [3.63, 3.8) is 0 Å². The van der Waals surface area contributed by atoms with E-state index in [9.17, 15) is 4.79 Å². The zero-order valence-corrected chi connectivity index (χ0v) is 19.1. The number of nitrogens with one attached hydrogen (secondary N) is 1. The number of nitrogens with zero attached hydrogens (tertiary/aromatic N) is 5. The van der Waals surface area contributed by atoms with Crippen molar-refractivity contribution in [2.45, 2.75) is 51.6 Å². The number of amides is 1. The predicted octanol–water partition coefficient (Wildman–Crippen LogP) is 3.02. The Hall–Kier alpha value is -3.13. The van der Waals surface area contributed by atoms with Crippen LogP contribution >= 0.6 is 0 Å². The van der Waals surface area contributed by atoms with Crippen LogP contribution in [0.15, 0.2) is 30.3 Å². The minimum atomic E-state index is -0.170. The van der Waals surface area contributed by atoms with Crippen molar-refractivity contribution in [2.75, 3.05) is 31.1 Å². The van der Waals surface area contributed by atoms with Crippen LogP contribution in [-0.4, -0.2) is 58.2 Å². The van der Waals surface area contributed by atoms with Gasteiger partial charge in [0.2, 0.25) is 0 Å². The number of benzene rings is 1. The highest BCUT2D eigenvalue weighted by molar-refractivity contribution is 5.93. The van der Waals surface area contributed by atoms with Gasteiger partial charge >= 0.3 is 0 Å². The Morgan fingerprint density at radius 3 is 2.61 bits per heavy atom. The number of aryl methyl sites for hydroxylation is 3. The van der Waals surface area contributed by atoms with Crippen LogP contribution in [0.3, 0.4) is 0 Å². The Labute approximate surface area is 193 Å². The van der Waals surface area contributed by atoms with Crippen molar-refractivity contribution in [3.05, 3.63) is 53.2 Å². The standard InChI is InChI=1S/C25H30N6O2/c1-17-19(28-21-9-3-2-8-20(21)27-17)10-11-23-29-22(15-24(30-23)31-12-4-5-13-31)25(32)26-16-18-7-6-14-33-18/h2-3,8-9,15,18H,4-7,10-14,16H2,1H3,(H,26,32)/t18-/m0/s1. The van der Waals surface area contributed by atoms with Gasteiger partial charge in [0.15, 0.2) is 0 Å². The van der Waals surface area contributed by atoms with Crippen molar-refractivity contribution in [3.8, 4) is 0 Å². The largest absolute Gasteiger partial charge is 0.376 e. The van der Waals surface area contributed by atoms with Crippen LogP contribution in [0.5, 0.6) is 0 Å². The van der Waals surface area contributed by atoms with E-state index in [0.29, 0.717) is 30.9 Å². The molecule has 4 heterocycles. The Bertz CT molecular complexity index is 1140. The van der Waals surface area contributed by atoms with E-state index in [1.54, 1.807) is 0 Å². The van der Waals surface area contributed by atoms with E-state index >= 15 is 0 Å². The number of fused-ring (bicyclic) bond motifs is 1. The van der Waals surface area contributed by atoms with E-state index < -0.39 is 0 Å². The first-order chi connectivity index (χ1) is 16.2. The van der Waals surface area contributed by atoms with E-state index in [0.717, 1.165) is 73.6 Å². The maximum absolute atomic E-state index is 12.9. The smallest absolute Gasteiger partial charge is 0.270 e. The Kier molecular flexibility index (Phi) is 6.44. The van der Waals surface area contributed by atoms with Crippen LogP contribution < -0.4 is 10.2 Å². The lowest BCUT2D eigenvalue weighted by Gasteiger charge is -2.18. The lowest BCUT2D eigenvalue weighted by atomic mass is 10.1. The maximum atomic E-state index is 12.9. The normalized spacial score (nSPS) is 18.2. The summed E-state index contributed by atoms with van der Waals surface area (Å²) < 4.78 is 5.63. The first-order valence-electron chi connectivity index (χ1n) is 11.9. The van der Waals surface area contributed by atoms with Gasteiger partial charge in [0.1, 0.15) is 17.3 Å². The molecule has 0 aliphatic carbocycles. The van der Waals surface area contributed by atoms with Gasteiger partial charge in [0.25, 0.3) is 5.91 Å². The van der Waals surface area contributed by atoms with Crippen molar-refractivity contribution < 1.29 is 9.53 Å². The molecule has 2 fully saturated rings. The molecule has 1 N–H and O–H groups in total. The number of rotatable bonds is 7. The fourth-order valence-electron chi connectivity index (χ4n) is 4.51. The van der Waals surface area contributed by atoms with Crippen LogP contribution in [0.25, 0.3) is 11.0 Å². The van der Waals surface area contributed by atoms with Crippen molar-refractivity contribution >= 4 is 22.8 Å². The fourth-order valence-corrected chi connectivity index (χ4v) is 4.51. The molecule has 2 aromatic heterocycles. The van der Waals surface area contributed by atoms with E-state index in [4.69, 9.17) is 14.7 Å². The number of anilines is 1. The average molecular weight is 447 g/mol. The van der Waals surface area contributed by atoms with Crippen molar-refractivity contribution in [1.82, 2.24) is 25.3 Å². The molecule has 33 heavy (non-hydrogen) atoms. The van der Waals surface area contributed by atoms with Crippen LogP contribution in [0.1, 0.15) is 53.4 Å². The summed E-state index contributed by atoms with van der Waals surface area (Å²) in [6.07, 6.45) is 5.70. The maximum Gasteiger partial charge on any atom is 0.270 e. The SMILES string of the molecule is Cc1nc2ccccc2nc1CCc1nc(C(=O)NC[C@@H]2CCCO2)cc(N2CCCC2)n1. The Balaban J connectivity index is 1.35. The minimum absolute atomic E-state index is 0.0998. The first kappa shape index (κ1) is 21.7. The molecule has 8 nitrogen and oxygen atoms in total. The van der Waals surface area contributed by atoms with Gasteiger partial charge in [-0.15, -0.1) is 0 Å². The number of carbonyl (C=O) groups excluding carboxylic acids is 1. The second-order valence-electron chi connectivity index (χ2n) is 8.81. The molecule has 1 aromatic carbocycles. The Morgan fingerprint density at radius 2 is 1.85 bits per heavy atom. The van der Waals surface area contributed by atoms with Gasteiger partial charge in [-0.1, -0.05) is 12.1 Å². The number of para-hydroxylation sites is 2. The molecule has 5 rings (SSSR count). The Morgan fingerprint density at radius 1 is 1.06 bits per heavy atom. The topological polar surface area (TPSA) is 93.1 Å². The van der Waals surface area contributed by atoms with Crippen molar-refractivity contribution in [1.29, 1.82) is 0 Å². The highest BCUT2D eigenvalue weighted by Crippen LogP contribution is 2.20. The van der Waals surface area contributed by atoms with Gasteiger partial charge < -0.3 is 15.0 Å². The molecule has 8 heteroatoms. The second kappa shape index (κ2) is 9.79. The van der Waals surface area contributed by atoms with Gasteiger partial charge in [0.05, 0.1) is 28.5 Å². The molecule has 172 valence electrons. The minimum Gasteiger partial charge on any atom is -0.376 e. The van der Waals surface area contributed by atoms with Crippen LogP contribution in [-0.2, 0) is 17.6 Å². The van der Waals surface area contributed by atoms with E-state index in [1.165, 1.54) is 0 Å². The molecule has 0 radical (unpaired) electrons. The summed E-state index contributed by atoms with van der Waals surface area (Å²) in [6, 6.07) is 9.72. The lowest BCUT2D eigenvalue weighted by Crippen LogP contribution is -2.33. The highest BCUT2D eigenvalue weighted by atomic mass is 16.5. The molecular weight excluding hydrogens is 416 g/mol. The van der Waals surface area contributed by atoms with E-state index in [1.807, 2.05) is 37.3 Å². The van der Waals surface area contributed by atoms with Gasteiger partial charge in [-0.3, -0.25) is 4.79 Å². The quantitative estimate of drug-likeness (QED) is 0.596. The monoisotopic (exact) mass is 446 g/mol. The third kappa shape index (κ3) is 5.11. The van der Waals surface area contributed by atoms with Gasteiger partial charge in [-0.2, -0.15) is 0 Å². The second-order valence-corrected chi connectivity index (χ2v) is 8.81. The molecule has 1 atom stereocenters. The summed E-state index contributed by atoms with van der Waals surface area (Å²) >= 11 is 0. The third-order valence-corrected chi connectivity index (χ3v) is 6.36. The summed E-state index contributed by atoms with van der Waals surface area (Å²) in [6.45, 7) is 5.20. The van der Waals surface area contributed by atoms with Crippen LogP contribution in [0.2, 0.25) is 0 Å². The fraction of sp³-hybridized carbons (Fsp3) is 0.480. The summed E-state index contributed by atoms with van der Waals surface area (Å²) in [7, 11) is 0. The molecule has 1 amide bonds. The number of aromatic nitrogens is 4. The van der Waals surface area contributed by atoms with E-state index in [-0.39, 0.29) is 12.0 Å². The molecule has 0 unspecified atom stereocenters. The number of hydrogen-bond donors (Lipinski definition) is 1. The van der Waals surface area contributed by atoms with Gasteiger partial charge in [-0.25, -0.2) is 19.9 Å². The molecule has 0 saturated carbocycles. The molecule has 0 spiro atoms. The molecule has 2 saturated heterocycles. The van der Waals surface area contributed by atoms with Crippen molar-refractivity contribution in [2.24, 2.45) is 0 Å². The number of hydrogen-bond acceptors (Lipinski definition) is 7. The predicted molar refractivity (Wildman–Crippen MR) is 126 cm³/mol. The zero-order valence-electron chi connectivity index (χ0n) is 19.1. The van der Waals surface area contributed by atoms with E-state index in [2.05, 4.69) is 20.2 Å². The summed E-state index contributed by atoms with van der Waals surface area (Å²) in [5.41, 5.74) is 4.06. The zero-order chi connectivity index (χ0) is 22.6. The molecular formula is C25H30N6O2. The van der Waals surface area contributed by atoms with Crippen LogP contribution in [0.4, 0.5) is 5.82 Å². The molecule has 2 aliphatic heterocycles. The average Bonchev–Trinajstić information content (AvgIpc) is 3.55. The first-order valence-corrected chi connectivity index (χ1v) is 11.9. The third-order valence-electron chi connectivity index (χ3n) is 6.36. The molecule has 0 bridgehead atoms. The number of ether oxygens (including phenoxy) is 1. The summed E-state index contributed by atoms with van der Waals surface area (Å²) in [5.74, 6) is 1.33. The molecule has 2 aliphatic rings. The molecule has 3 aromatic rings. The van der Waals surface area contributed by atoms with Gasteiger partial charge in [0, 0.05) is 38.7 Å². The lowest BCUT2D eigenvalue weighted by molar-refractivity contribution is 0.0853. The van der Waals surface area contributed by atoms with Crippen LogP contribution in [0, 0.1) is 6.92 Å². The summed E-state index contributed by atoms with van der Waals surface area (Å²) in [4.78, 5) is 34.0. The summed E-state index contributed by atoms with van der Waals surface area (Å²) in [5, 5.41) is 2.99. The highest BCUT2D eigenvalue weighted by Gasteiger charge is 2.21. The number of carbonyl (C=O) groups is 1. The van der Waals surface area contributed by atoms with Gasteiger partial charge in [-0.05, 0) is 51.2 Å².